The molecule has 2 rings (SSSR count). The fourth-order valence-electron chi connectivity index (χ4n) is 2.89. The van der Waals surface area contributed by atoms with Gasteiger partial charge >= 0.3 is 0 Å². The molecule has 1 N–H and O–H groups in total. The maximum atomic E-state index is 6.07. The van der Waals surface area contributed by atoms with Crippen molar-refractivity contribution in [2.24, 2.45) is 5.92 Å². The standard InChI is InChI=1S/C16H25NO/c1-13(18-12-14-8-6-7-9-14)16(17-2)15-10-4-3-5-11-15/h3-5,10-11,13-14,16-17H,6-9,12H2,1-2H3. The summed E-state index contributed by atoms with van der Waals surface area (Å²) in [6.45, 7) is 3.09. The van der Waals surface area contributed by atoms with E-state index in [0.29, 0.717) is 0 Å². The van der Waals surface area contributed by atoms with E-state index in [4.69, 9.17) is 4.74 Å². The molecular weight excluding hydrogens is 222 g/mol. The van der Waals surface area contributed by atoms with Gasteiger partial charge in [0, 0.05) is 6.61 Å². The number of likely N-dealkylation sites (N-methyl/N-ethyl adjacent to an activating group) is 1. The van der Waals surface area contributed by atoms with Crippen molar-refractivity contribution in [3.63, 3.8) is 0 Å². The Morgan fingerprint density at radius 3 is 2.50 bits per heavy atom. The van der Waals surface area contributed by atoms with Crippen molar-refractivity contribution in [3.8, 4) is 0 Å². The molecule has 0 aliphatic heterocycles. The molecule has 1 aliphatic carbocycles. The van der Waals surface area contributed by atoms with Crippen molar-refractivity contribution >= 4 is 0 Å². The normalized spacial score (nSPS) is 19.9. The second kappa shape index (κ2) is 6.91. The van der Waals surface area contributed by atoms with Gasteiger partial charge in [-0.25, -0.2) is 0 Å². The Kier molecular flexibility index (Phi) is 5.21. The van der Waals surface area contributed by atoms with E-state index < -0.39 is 0 Å². The first-order chi connectivity index (χ1) is 8.81. The van der Waals surface area contributed by atoms with Crippen LogP contribution in [0.2, 0.25) is 0 Å². The van der Waals surface area contributed by atoms with Gasteiger partial charge in [-0.1, -0.05) is 43.2 Å². The van der Waals surface area contributed by atoms with E-state index in [2.05, 4.69) is 42.6 Å². The molecule has 2 heteroatoms. The molecule has 2 unspecified atom stereocenters. The highest BCUT2D eigenvalue weighted by atomic mass is 16.5. The molecule has 0 amide bonds. The monoisotopic (exact) mass is 247 g/mol. The Labute approximate surface area is 111 Å². The van der Waals surface area contributed by atoms with E-state index in [0.717, 1.165) is 12.5 Å². The van der Waals surface area contributed by atoms with Gasteiger partial charge in [-0.05, 0) is 38.3 Å². The van der Waals surface area contributed by atoms with Crippen LogP contribution in [0.15, 0.2) is 30.3 Å². The molecule has 0 radical (unpaired) electrons. The summed E-state index contributed by atoms with van der Waals surface area (Å²) in [6.07, 6.45) is 5.69. The summed E-state index contributed by atoms with van der Waals surface area (Å²) in [5, 5.41) is 3.37. The molecule has 0 heterocycles. The number of rotatable bonds is 6. The topological polar surface area (TPSA) is 21.3 Å². The van der Waals surface area contributed by atoms with Crippen LogP contribution in [0.4, 0.5) is 0 Å². The van der Waals surface area contributed by atoms with Crippen molar-refractivity contribution in [1.82, 2.24) is 5.32 Å². The highest BCUT2D eigenvalue weighted by molar-refractivity contribution is 5.19. The predicted octanol–water partition coefficient (Wildman–Crippen LogP) is 3.54. The zero-order valence-corrected chi connectivity index (χ0v) is 11.6. The summed E-state index contributed by atoms with van der Waals surface area (Å²) in [7, 11) is 2.01. The highest BCUT2D eigenvalue weighted by Crippen LogP contribution is 2.26. The maximum absolute atomic E-state index is 6.07. The molecular formula is C16H25NO. The Morgan fingerprint density at radius 1 is 1.22 bits per heavy atom. The first-order valence-electron chi connectivity index (χ1n) is 7.15. The average Bonchev–Trinajstić information content (AvgIpc) is 2.92. The molecule has 1 saturated carbocycles. The lowest BCUT2D eigenvalue weighted by Crippen LogP contribution is -2.30. The second-order valence-corrected chi connectivity index (χ2v) is 5.37. The van der Waals surface area contributed by atoms with Crippen LogP contribution in [-0.4, -0.2) is 19.8 Å². The van der Waals surface area contributed by atoms with Crippen molar-refractivity contribution in [1.29, 1.82) is 0 Å². The zero-order valence-electron chi connectivity index (χ0n) is 11.6. The minimum absolute atomic E-state index is 0.220. The van der Waals surface area contributed by atoms with Gasteiger partial charge < -0.3 is 10.1 Å². The van der Waals surface area contributed by atoms with Crippen LogP contribution >= 0.6 is 0 Å². The minimum Gasteiger partial charge on any atom is -0.376 e. The number of ether oxygens (including phenoxy) is 1. The molecule has 0 aromatic heterocycles. The lowest BCUT2D eigenvalue weighted by Gasteiger charge is -2.25. The SMILES string of the molecule is CNC(c1ccccc1)C(C)OCC1CCCC1. The van der Waals surface area contributed by atoms with Crippen molar-refractivity contribution < 1.29 is 4.74 Å². The van der Waals surface area contributed by atoms with Crippen molar-refractivity contribution in [3.05, 3.63) is 35.9 Å². The molecule has 1 aromatic rings. The van der Waals surface area contributed by atoms with Gasteiger partial charge in [-0.3, -0.25) is 0 Å². The first kappa shape index (κ1) is 13.6. The second-order valence-electron chi connectivity index (χ2n) is 5.37. The van der Waals surface area contributed by atoms with Gasteiger partial charge in [0.2, 0.25) is 0 Å². The van der Waals surface area contributed by atoms with Crippen molar-refractivity contribution in [2.45, 2.75) is 44.8 Å². The molecule has 0 bridgehead atoms. The lowest BCUT2D eigenvalue weighted by atomic mass is 10.0. The fraction of sp³-hybridized carbons (Fsp3) is 0.625. The number of benzene rings is 1. The van der Waals surface area contributed by atoms with E-state index in [9.17, 15) is 0 Å². The number of hydrogen-bond donors (Lipinski definition) is 1. The van der Waals surface area contributed by atoms with Crippen LogP contribution in [-0.2, 0) is 4.74 Å². The van der Waals surface area contributed by atoms with Crippen LogP contribution in [0, 0.1) is 5.92 Å². The smallest absolute Gasteiger partial charge is 0.0741 e. The van der Waals surface area contributed by atoms with Crippen LogP contribution in [0.1, 0.15) is 44.2 Å². The van der Waals surface area contributed by atoms with Gasteiger partial charge in [-0.15, -0.1) is 0 Å². The van der Waals surface area contributed by atoms with Crippen LogP contribution in [0.25, 0.3) is 0 Å². The Morgan fingerprint density at radius 2 is 1.89 bits per heavy atom. The van der Waals surface area contributed by atoms with E-state index in [1.54, 1.807) is 0 Å². The van der Waals surface area contributed by atoms with E-state index in [-0.39, 0.29) is 12.1 Å². The third-order valence-corrected chi connectivity index (χ3v) is 4.01. The quantitative estimate of drug-likeness (QED) is 0.830. The molecule has 1 fully saturated rings. The number of nitrogens with one attached hydrogen (secondary N) is 1. The Balaban J connectivity index is 1.87. The van der Waals surface area contributed by atoms with Gasteiger partial charge in [0.1, 0.15) is 0 Å². The molecule has 0 spiro atoms. The average molecular weight is 247 g/mol. The third kappa shape index (κ3) is 3.56. The summed E-state index contributed by atoms with van der Waals surface area (Å²) < 4.78 is 6.07. The van der Waals surface area contributed by atoms with Crippen LogP contribution < -0.4 is 5.32 Å². The Bertz CT molecular complexity index is 332. The van der Waals surface area contributed by atoms with Gasteiger partial charge in [0.05, 0.1) is 12.1 Å². The first-order valence-corrected chi connectivity index (χ1v) is 7.15. The fourth-order valence-corrected chi connectivity index (χ4v) is 2.89. The molecule has 100 valence electrons. The Hall–Kier alpha value is -0.860. The molecule has 0 saturated heterocycles. The molecule has 1 aromatic carbocycles. The van der Waals surface area contributed by atoms with Crippen LogP contribution in [0.3, 0.4) is 0 Å². The van der Waals surface area contributed by atoms with Crippen molar-refractivity contribution in [2.75, 3.05) is 13.7 Å². The molecule has 2 atom stereocenters. The summed E-state index contributed by atoms with van der Waals surface area (Å²) >= 11 is 0. The summed E-state index contributed by atoms with van der Waals surface area (Å²) in [6, 6.07) is 10.8. The molecule has 18 heavy (non-hydrogen) atoms. The van der Waals surface area contributed by atoms with Gasteiger partial charge in [-0.2, -0.15) is 0 Å². The van der Waals surface area contributed by atoms with E-state index in [1.807, 2.05) is 7.05 Å². The van der Waals surface area contributed by atoms with Gasteiger partial charge in [0.25, 0.3) is 0 Å². The van der Waals surface area contributed by atoms with E-state index in [1.165, 1.54) is 31.2 Å². The van der Waals surface area contributed by atoms with Gasteiger partial charge in [0.15, 0.2) is 0 Å². The predicted molar refractivity (Wildman–Crippen MR) is 75.6 cm³/mol. The third-order valence-electron chi connectivity index (χ3n) is 4.01. The molecule has 1 aliphatic rings. The largest absolute Gasteiger partial charge is 0.376 e. The van der Waals surface area contributed by atoms with Crippen LogP contribution in [0.5, 0.6) is 0 Å². The maximum Gasteiger partial charge on any atom is 0.0741 e. The highest BCUT2D eigenvalue weighted by Gasteiger charge is 2.21. The number of hydrogen-bond acceptors (Lipinski definition) is 2. The summed E-state index contributed by atoms with van der Waals surface area (Å²) in [5.74, 6) is 0.792. The zero-order chi connectivity index (χ0) is 12.8. The lowest BCUT2D eigenvalue weighted by molar-refractivity contribution is 0.0194. The summed E-state index contributed by atoms with van der Waals surface area (Å²) in [4.78, 5) is 0. The summed E-state index contributed by atoms with van der Waals surface area (Å²) in [5.41, 5.74) is 1.30. The molecule has 2 nitrogen and oxygen atoms in total. The minimum atomic E-state index is 0.220. The van der Waals surface area contributed by atoms with E-state index >= 15 is 0 Å².